The standard InChI is InChI=1S/C26H29ClN2O2S/c1-31-20-8-9-25-23(17-20)22(24(27)18-28-25)7-2-10-26(19-30)11-14-29(15-12-26)13-3-5-21-6-4-16-32-21/h4,6,8-9,16-18,30H,2,7,10-15,19H2,1H3. The maximum atomic E-state index is 10.2. The first-order valence-electron chi connectivity index (χ1n) is 11.1. The van der Waals surface area contributed by atoms with Gasteiger partial charge in [-0.15, -0.1) is 11.3 Å². The summed E-state index contributed by atoms with van der Waals surface area (Å²) in [5.41, 5.74) is 2.04. The number of aromatic nitrogens is 1. The number of hydrogen-bond acceptors (Lipinski definition) is 5. The molecule has 0 aliphatic carbocycles. The van der Waals surface area contributed by atoms with Gasteiger partial charge in [-0.1, -0.05) is 29.5 Å². The monoisotopic (exact) mass is 468 g/mol. The molecule has 1 N–H and O–H groups in total. The Labute approximate surface area is 199 Å². The van der Waals surface area contributed by atoms with Crippen molar-refractivity contribution in [2.45, 2.75) is 32.1 Å². The molecule has 0 spiro atoms. The molecule has 3 aromatic rings. The topological polar surface area (TPSA) is 45.6 Å². The number of halogens is 1. The van der Waals surface area contributed by atoms with Crippen LogP contribution in [0.1, 0.15) is 36.1 Å². The van der Waals surface area contributed by atoms with Crippen LogP contribution in [0.5, 0.6) is 5.75 Å². The largest absolute Gasteiger partial charge is 0.497 e. The number of rotatable bonds is 7. The molecule has 1 aliphatic rings. The van der Waals surface area contributed by atoms with E-state index in [-0.39, 0.29) is 12.0 Å². The van der Waals surface area contributed by atoms with E-state index in [0.717, 1.165) is 78.8 Å². The van der Waals surface area contributed by atoms with Crippen molar-refractivity contribution in [3.8, 4) is 17.6 Å². The van der Waals surface area contributed by atoms with Crippen LogP contribution in [0.2, 0.25) is 5.02 Å². The summed E-state index contributed by atoms with van der Waals surface area (Å²) in [6.07, 6.45) is 6.58. The molecule has 0 bridgehead atoms. The van der Waals surface area contributed by atoms with Crippen molar-refractivity contribution in [2.24, 2.45) is 5.41 Å². The highest BCUT2D eigenvalue weighted by Crippen LogP contribution is 2.37. The molecule has 1 saturated heterocycles. The van der Waals surface area contributed by atoms with Crippen LogP contribution < -0.4 is 4.74 Å². The fourth-order valence-electron chi connectivity index (χ4n) is 4.48. The summed E-state index contributed by atoms with van der Waals surface area (Å²) in [6, 6.07) is 10.00. The molecule has 168 valence electrons. The Morgan fingerprint density at radius 3 is 2.84 bits per heavy atom. The smallest absolute Gasteiger partial charge is 0.119 e. The van der Waals surface area contributed by atoms with E-state index in [0.29, 0.717) is 5.02 Å². The molecule has 1 aliphatic heterocycles. The zero-order valence-corrected chi connectivity index (χ0v) is 20.0. The van der Waals surface area contributed by atoms with Crippen LogP contribution in [-0.4, -0.2) is 48.3 Å². The van der Waals surface area contributed by atoms with E-state index < -0.39 is 0 Å². The second kappa shape index (κ2) is 10.7. The summed E-state index contributed by atoms with van der Waals surface area (Å²) < 4.78 is 5.39. The Hall–Kier alpha value is -2.10. The summed E-state index contributed by atoms with van der Waals surface area (Å²) in [4.78, 5) is 7.96. The molecule has 2 aromatic heterocycles. The number of ether oxygens (including phenoxy) is 1. The summed E-state index contributed by atoms with van der Waals surface area (Å²) in [6.45, 7) is 2.99. The van der Waals surface area contributed by atoms with Gasteiger partial charge in [-0.2, -0.15) is 0 Å². The predicted octanol–water partition coefficient (Wildman–Crippen LogP) is 5.41. The Kier molecular flexibility index (Phi) is 7.70. The second-order valence-electron chi connectivity index (χ2n) is 8.53. The van der Waals surface area contributed by atoms with Gasteiger partial charge in [0.15, 0.2) is 0 Å². The molecule has 4 rings (SSSR count). The number of thiophene rings is 1. The number of pyridine rings is 1. The Bertz CT molecular complexity index is 1100. The number of likely N-dealkylation sites (tertiary alicyclic amines) is 1. The van der Waals surface area contributed by atoms with Crippen molar-refractivity contribution in [3.05, 3.63) is 57.4 Å². The highest BCUT2D eigenvalue weighted by Gasteiger charge is 2.33. The molecular formula is C26H29ClN2O2S. The van der Waals surface area contributed by atoms with Gasteiger partial charge < -0.3 is 9.84 Å². The van der Waals surface area contributed by atoms with Crippen LogP contribution in [0.15, 0.2) is 41.9 Å². The van der Waals surface area contributed by atoms with E-state index in [1.54, 1.807) is 24.6 Å². The fourth-order valence-corrected chi connectivity index (χ4v) is 5.32. The zero-order chi connectivity index (χ0) is 22.4. The highest BCUT2D eigenvalue weighted by molar-refractivity contribution is 7.10. The number of aryl methyl sites for hydroxylation is 1. The average molecular weight is 469 g/mol. The first kappa shape index (κ1) is 23.1. The van der Waals surface area contributed by atoms with Crippen LogP contribution in [0, 0.1) is 17.3 Å². The van der Waals surface area contributed by atoms with Gasteiger partial charge in [0.25, 0.3) is 0 Å². The summed E-state index contributed by atoms with van der Waals surface area (Å²) in [7, 11) is 1.67. The predicted molar refractivity (Wildman–Crippen MR) is 133 cm³/mol. The van der Waals surface area contributed by atoms with Crippen LogP contribution >= 0.6 is 22.9 Å². The molecule has 6 heteroatoms. The maximum absolute atomic E-state index is 10.2. The van der Waals surface area contributed by atoms with Crippen LogP contribution in [0.25, 0.3) is 10.9 Å². The number of fused-ring (bicyclic) bond motifs is 1. The molecule has 3 heterocycles. The van der Waals surface area contributed by atoms with E-state index >= 15 is 0 Å². The van der Waals surface area contributed by atoms with E-state index in [9.17, 15) is 5.11 Å². The van der Waals surface area contributed by atoms with Crippen LogP contribution in [0.4, 0.5) is 0 Å². The van der Waals surface area contributed by atoms with Gasteiger partial charge in [0.05, 0.1) is 29.1 Å². The van der Waals surface area contributed by atoms with Crippen molar-refractivity contribution in [2.75, 3.05) is 33.4 Å². The summed E-state index contributed by atoms with van der Waals surface area (Å²) >= 11 is 8.20. The Balaban J connectivity index is 1.35. The van der Waals surface area contributed by atoms with Gasteiger partial charge in [0.1, 0.15) is 5.75 Å². The first-order chi connectivity index (χ1) is 15.6. The van der Waals surface area contributed by atoms with E-state index in [4.69, 9.17) is 16.3 Å². The molecule has 1 aromatic carbocycles. The average Bonchev–Trinajstić information content (AvgIpc) is 3.35. The van der Waals surface area contributed by atoms with Gasteiger partial charge in [0, 0.05) is 18.2 Å². The third kappa shape index (κ3) is 5.44. The quantitative estimate of drug-likeness (QED) is 0.471. The van der Waals surface area contributed by atoms with Gasteiger partial charge in [-0.25, -0.2) is 0 Å². The van der Waals surface area contributed by atoms with Gasteiger partial charge in [-0.3, -0.25) is 9.88 Å². The number of nitrogens with zero attached hydrogens (tertiary/aromatic N) is 2. The van der Waals surface area contributed by atoms with Gasteiger partial charge >= 0.3 is 0 Å². The van der Waals surface area contributed by atoms with E-state index in [1.807, 2.05) is 24.3 Å². The molecule has 0 unspecified atom stereocenters. The number of methoxy groups -OCH3 is 1. The van der Waals surface area contributed by atoms with Crippen LogP contribution in [-0.2, 0) is 6.42 Å². The minimum Gasteiger partial charge on any atom is -0.497 e. The fraction of sp³-hybridized carbons (Fsp3) is 0.423. The van der Waals surface area contributed by atoms with E-state index in [2.05, 4.69) is 33.2 Å². The minimum atomic E-state index is -0.00925. The van der Waals surface area contributed by atoms with Crippen molar-refractivity contribution in [3.63, 3.8) is 0 Å². The summed E-state index contributed by atoms with van der Waals surface area (Å²) in [5, 5.41) is 14.0. The number of benzene rings is 1. The third-order valence-electron chi connectivity index (χ3n) is 6.56. The normalized spacial score (nSPS) is 16.0. The number of aliphatic hydroxyl groups is 1. The molecule has 0 atom stereocenters. The third-order valence-corrected chi connectivity index (χ3v) is 7.67. The second-order valence-corrected chi connectivity index (χ2v) is 9.89. The summed E-state index contributed by atoms with van der Waals surface area (Å²) in [5.74, 6) is 7.34. The molecular weight excluding hydrogens is 440 g/mol. The lowest BCUT2D eigenvalue weighted by atomic mass is 9.75. The minimum absolute atomic E-state index is 0.00925. The van der Waals surface area contributed by atoms with Crippen LogP contribution in [0.3, 0.4) is 0 Å². The number of aliphatic hydroxyl groups excluding tert-OH is 1. The highest BCUT2D eigenvalue weighted by atomic mass is 35.5. The lowest BCUT2D eigenvalue weighted by Crippen LogP contribution is -2.42. The van der Waals surface area contributed by atoms with Gasteiger partial charge in [-0.05, 0) is 85.8 Å². The molecule has 0 amide bonds. The van der Waals surface area contributed by atoms with Crippen molar-refractivity contribution < 1.29 is 9.84 Å². The molecule has 32 heavy (non-hydrogen) atoms. The Morgan fingerprint density at radius 2 is 2.12 bits per heavy atom. The first-order valence-corrected chi connectivity index (χ1v) is 12.3. The molecule has 0 radical (unpaired) electrons. The zero-order valence-electron chi connectivity index (χ0n) is 18.4. The maximum Gasteiger partial charge on any atom is 0.119 e. The number of piperidine rings is 1. The SMILES string of the molecule is COc1ccc2ncc(Cl)c(CCCC3(CO)CCN(CC#Cc4cccs4)CC3)c2c1. The molecule has 0 saturated carbocycles. The van der Waals surface area contributed by atoms with Crippen molar-refractivity contribution >= 4 is 33.8 Å². The Morgan fingerprint density at radius 1 is 1.28 bits per heavy atom. The van der Waals surface area contributed by atoms with E-state index in [1.165, 1.54) is 0 Å². The molecule has 4 nitrogen and oxygen atoms in total. The number of hydrogen-bond donors (Lipinski definition) is 1. The lowest BCUT2D eigenvalue weighted by Gasteiger charge is -2.40. The van der Waals surface area contributed by atoms with Crippen molar-refractivity contribution in [1.82, 2.24) is 9.88 Å². The van der Waals surface area contributed by atoms with Gasteiger partial charge in [0.2, 0.25) is 0 Å². The molecule has 1 fully saturated rings. The van der Waals surface area contributed by atoms with Crippen molar-refractivity contribution in [1.29, 1.82) is 0 Å². The lowest BCUT2D eigenvalue weighted by molar-refractivity contribution is 0.0401.